The van der Waals surface area contributed by atoms with Crippen LogP contribution in [0.5, 0.6) is 0 Å². The van der Waals surface area contributed by atoms with E-state index in [9.17, 15) is 14.4 Å². The number of para-hydroxylation sites is 1. The van der Waals surface area contributed by atoms with Gasteiger partial charge in [0.1, 0.15) is 5.00 Å². The molecule has 0 fully saturated rings. The van der Waals surface area contributed by atoms with Gasteiger partial charge in [-0.15, -0.1) is 23.1 Å². The van der Waals surface area contributed by atoms with Crippen LogP contribution in [-0.4, -0.2) is 40.8 Å². The molecule has 2 aromatic heterocycles. The molecule has 1 aliphatic carbocycles. The zero-order valence-corrected chi connectivity index (χ0v) is 23.6. The highest BCUT2D eigenvalue weighted by Gasteiger charge is 2.29. The lowest BCUT2D eigenvalue weighted by Gasteiger charge is -2.12. The number of nitrogens with zero attached hydrogens (tertiary/aromatic N) is 1. The zero-order valence-electron chi connectivity index (χ0n) is 22.0. The van der Waals surface area contributed by atoms with E-state index < -0.39 is 5.25 Å². The van der Waals surface area contributed by atoms with Crippen molar-refractivity contribution in [3.63, 3.8) is 0 Å². The predicted octanol–water partition coefficient (Wildman–Crippen LogP) is 5.92. The molecule has 0 radical (unpaired) electrons. The summed E-state index contributed by atoms with van der Waals surface area (Å²) in [4.78, 5) is 40.5. The lowest BCUT2D eigenvalue weighted by molar-refractivity contribution is -0.115. The monoisotopic (exact) mass is 561 g/mol. The number of carbonyl (C=O) groups is 3. The summed E-state index contributed by atoms with van der Waals surface area (Å²) in [7, 11) is 0. The zero-order chi connectivity index (χ0) is 27.4. The number of amides is 2. The molecular formula is C30H31N3O4S2. The minimum Gasteiger partial charge on any atom is -0.462 e. The van der Waals surface area contributed by atoms with E-state index in [1.165, 1.54) is 23.1 Å². The highest BCUT2D eigenvalue weighted by atomic mass is 32.2. The molecule has 0 saturated heterocycles. The van der Waals surface area contributed by atoms with Gasteiger partial charge in [-0.1, -0.05) is 36.4 Å². The highest BCUT2D eigenvalue weighted by molar-refractivity contribution is 8.00. The number of rotatable bonds is 10. The summed E-state index contributed by atoms with van der Waals surface area (Å²) in [5.74, 6) is -0.624. The molecule has 4 aromatic rings. The van der Waals surface area contributed by atoms with Crippen molar-refractivity contribution in [3.8, 4) is 0 Å². The molecule has 5 rings (SSSR count). The molecule has 1 aliphatic rings. The summed E-state index contributed by atoms with van der Waals surface area (Å²) in [5, 5.41) is 7.25. The van der Waals surface area contributed by atoms with Gasteiger partial charge in [0, 0.05) is 45.5 Å². The van der Waals surface area contributed by atoms with Crippen molar-refractivity contribution in [2.45, 2.75) is 49.8 Å². The molecule has 1 atom stereocenters. The van der Waals surface area contributed by atoms with Crippen molar-refractivity contribution < 1.29 is 19.1 Å². The van der Waals surface area contributed by atoms with Crippen molar-refractivity contribution in [2.24, 2.45) is 0 Å². The first-order chi connectivity index (χ1) is 19.0. The van der Waals surface area contributed by atoms with Crippen LogP contribution in [0.2, 0.25) is 0 Å². The van der Waals surface area contributed by atoms with Gasteiger partial charge < -0.3 is 19.9 Å². The van der Waals surface area contributed by atoms with Crippen molar-refractivity contribution in [1.29, 1.82) is 0 Å². The number of hydrogen-bond donors (Lipinski definition) is 2. The predicted molar refractivity (Wildman–Crippen MR) is 157 cm³/mol. The Kier molecular flexibility index (Phi) is 8.38. The summed E-state index contributed by atoms with van der Waals surface area (Å²) in [6.07, 6.45) is 4.83. The number of ether oxygens (including phenoxy) is 1. The summed E-state index contributed by atoms with van der Waals surface area (Å²) < 4.78 is 7.40. The SMILES string of the molecule is CCOC(=O)c1c(NC(=O)[C@@H](C)Sc2cn(CCNC(=O)c3ccccc3)c3ccccc23)sc2c1CCC2. The second-order valence-electron chi connectivity index (χ2n) is 9.36. The van der Waals surface area contributed by atoms with E-state index in [0.29, 0.717) is 35.8 Å². The number of anilines is 1. The Hall–Kier alpha value is -3.56. The van der Waals surface area contributed by atoms with Crippen LogP contribution in [0.4, 0.5) is 5.00 Å². The number of thiophene rings is 1. The number of benzene rings is 2. The topological polar surface area (TPSA) is 89.4 Å². The number of carbonyl (C=O) groups excluding carboxylic acids is 3. The number of thioether (sulfide) groups is 1. The van der Waals surface area contributed by atoms with Crippen LogP contribution in [0.25, 0.3) is 10.9 Å². The number of aryl methyl sites for hydroxylation is 1. The first kappa shape index (κ1) is 27.0. The fourth-order valence-corrected chi connectivity index (χ4v) is 7.16. The number of nitrogens with one attached hydrogen (secondary N) is 2. The molecule has 9 heteroatoms. The average Bonchev–Trinajstić information content (AvgIpc) is 3.63. The van der Waals surface area contributed by atoms with Crippen molar-refractivity contribution in [2.75, 3.05) is 18.5 Å². The van der Waals surface area contributed by atoms with Gasteiger partial charge in [-0.05, 0) is 56.9 Å². The Bertz CT molecular complexity index is 1510. The molecular weight excluding hydrogens is 530 g/mol. The fourth-order valence-electron chi connectivity index (χ4n) is 4.84. The van der Waals surface area contributed by atoms with Crippen molar-refractivity contribution >= 4 is 56.8 Å². The third kappa shape index (κ3) is 5.89. The molecule has 202 valence electrons. The Morgan fingerprint density at radius 3 is 2.64 bits per heavy atom. The molecule has 0 unspecified atom stereocenters. The van der Waals surface area contributed by atoms with Crippen LogP contribution >= 0.6 is 23.1 Å². The van der Waals surface area contributed by atoms with Gasteiger partial charge in [0.25, 0.3) is 5.91 Å². The molecule has 2 amide bonds. The molecule has 0 bridgehead atoms. The number of esters is 1. The second-order valence-corrected chi connectivity index (χ2v) is 11.8. The molecule has 0 spiro atoms. The molecule has 2 heterocycles. The smallest absolute Gasteiger partial charge is 0.341 e. The minimum atomic E-state index is -0.394. The highest BCUT2D eigenvalue weighted by Crippen LogP contribution is 2.40. The van der Waals surface area contributed by atoms with Crippen molar-refractivity contribution in [3.05, 3.63) is 82.4 Å². The van der Waals surface area contributed by atoms with E-state index in [0.717, 1.165) is 45.5 Å². The van der Waals surface area contributed by atoms with E-state index >= 15 is 0 Å². The number of aromatic nitrogens is 1. The molecule has 39 heavy (non-hydrogen) atoms. The van der Waals surface area contributed by atoms with E-state index in [1.54, 1.807) is 19.1 Å². The minimum absolute atomic E-state index is 0.103. The Labute approximate surface area is 235 Å². The lowest BCUT2D eigenvalue weighted by Crippen LogP contribution is -2.27. The van der Waals surface area contributed by atoms with Crippen LogP contribution in [-0.2, 0) is 28.9 Å². The molecule has 0 aliphatic heterocycles. The fraction of sp³-hybridized carbons (Fsp3) is 0.300. The quantitative estimate of drug-likeness (QED) is 0.185. The maximum Gasteiger partial charge on any atom is 0.341 e. The normalized spacial score (nSPS) is 13.2. The Morgan fingerprint density at radius 2 is 1.85 bits per heavy atom. The van der Waals surface area contributed by atoms with Crippen LogP contribution in [0.1, 0.15) is 51.4 Å². The third-order valence-corrected chi connectivity index (χ3v) is 9.09. The van der Waals surface area contributed by atoms with Gasteiger partial charge in [-0.2, -0.15) is 0 Å². The number of hydrogen-bond acceptors (Lipinski definition) is 6. The number of fused-ring (bicyclic) bond motifs is 2. The molecule has 2 N–H and O–H groups in total. The Balaban J connectivity index is 1.27. The molecule has 0 saturated carbocycles. The van der Waals surface area contributed by atoms with E-state index in [-0.39, 0.29) is 17.8 Å². The second kappa shape index (κ2) is 12.1. The van der Waals surface area contributed by atoms with Crippen molar-refractivity contribution in [1.82, 2.24) is 9.88 Å². The molecule has 7 nitrogen and oxygen atoms in total. The van der Waals surface area contributed by atoms with Crippen LogP contribution in [0, 0.1) is 0 Å². The van der Waals surface area contributed by atoms with Gasteiger partial charge in [-0.25, -0.2) is 4.79 Å². The summed E-state index contributed by atoms with van der Waals surface area (Å²) in [5.41, 5.74) is 3.22. The maximum atomic E-state index is 13.3. The summed E-state index contributed by atoms with van der Waals surface area (Å²) in [6, 6.07) is 17.2. The van der Waals surface area contributed by atoms with Crippen LogP contribution < -0.4 is 10.6 Å². The van der Waals surface area contributed by atoms with Crippen LogP contribution in [0.15, 0.2) is 65.7 Å². The maximum absolute atomic E-state index is 13.3. The van der Waals surface area contributed by atoms with E-state index in [2.05, 4.69) is 15.2 Å². The van der Waals surface area contributed by atoms with Gasteiger partial charge in [0.2, 0.25) is 5.91 Å². The van der Waals surface area contributed by atoms with Crippen LogP contribution in [0.3, 0.4) is 0 Å². The standard InChI is InChI=1S/C30H31N3O4S2/c1-3-37-30(36)26-22-13-9-15-24(22)39-29(26)32-27(34)19(2)38-25-18-33(23-14-8-7-12-21(23)25)17-16-31-28(35)20-10-5-4-6-11-20/h4-8,10-12,14,18-19H,3,9,13,15-17H2,1-2H3,(H,31,35)(H,32,34)/t19-/m1/s1. The van der Waals surface area contributed by atoms with E-state index in [4.69, 9.17) is 4.74 Å². The average molecular weight is 562 g/mol. The Morgan fingerprint density at radius 1 is 1.08 bits per heavy atom. The third-order valence-electron chi connectivity index (χ3n) is 6.74. The van der Waals surface area contributed by atoms with Gasteiger partial charge in [-0.3, -0.25) is 9.59 Å². The van der Waals surface area contributed by atoms with Gasteiger partial charge >= 0.3 is 5.97 Å². The largest absolute Gasteiger partial charge is 0.462 e. The molecule has 2 aromatic carbocycles. The van der Waals surface area contributed by atoms with E-state index in [1.807, 2.05) is 55.6 Å². The lowest BCUT2D eigenvalue weighted by atomic mass is 10.1. The summed E-state index contributed by atoms with van der Waals surface area (Å²) >= 11 is 2.97. The summed E-state index contributed by atoms with van der Waals surface area (Å²) in [6.45, 7) is 5.03. The van der Waals surface area contributed by atoms with Gasteiger partial charge in [0.05, 0.1) is 17.4 Å². The first-order valence-corrected chi connectivity index (χ1v) is 14.9. The first-order valence-electron chi connectivity index (χ1n) is 13.2. The van der Waals surface area contributed by atoms with Gasteiger partial charge in [0.15, 0.2) is 0 Å².